The Hall–Kier alpha value is -1.38. The van der Waals surface area contributed by atoms with Crippen molar-refractivity contribution in [1.29, 1.82) is 5.26 Å². The lowest BCUT2D eigenvalue weighted by Gasteiger charge is -2.10. The topological polar surface area (TPSA) is 48.7 Å². The number of nitrogens with zero attached hydrogens (tertiary/aromatic N) is 2. The van der Waals surface area contributed by atoms with Crippen LogP contribution >= 0.6 is 27.3 Å². The summed E-state index contributed by atoms with van der Waals surface area (Å²) in [5, 5.41) is 15.2. The summed E-state index contributed by atoms with van der Waals surface area (Å²) in [4.78, 5) is 4.32. The molecule has 0 aliphatic heterocycles. The van der Waals surface area contributed by atoms with Gasteiger partial charge in [0.25, 0.3) is 0 Å². The zero-order chi connectivity index (χ0) is 12.3. The Labute approximate surface area is 112 Å². The van der Waals surface area contributed by atoms with E-state index in [-0.39, 0.29) is 0 Å². The van der Waals surface area contributed by atoms with Crippen molar-refractivity contribution in [3.05, 3.63) is 44.8 Å². The maximum atomic E-state index is 9.16. The molecule has 0 amide bonds. The third kappa shape index (κ3) is 3.05. The molecule has 2 rings (SSSR count). The molecule has 86 valence electrons. The number of hydrogen-bond acceptors (Lipinski definition) is 4. The SMILES string of the molecule is Cc1nc(C(C#N)Nc2cccc(Br)c2)cs1. The van der Waals surface area contributed by atoms with Crippen LogP contribution in [0.4, 0.5) is 5.69 Å². The molecule has 17 heavy (non-hydrogen) atoms. The Morgan fingerprint density at radius 1 is 1.53 bits per heavy atom. The fraction of sp³-hybridized carbons (Fsp3) is 0.167. The molecule has 0 fully saturated rings. The predicted octanol–water partition coefficient (Wildman–Crippen LogP) is 3.89. The van der Waals surface area contributed by atoms with Crippen LogP contribution in [-0.2, 0) is 0 Å². The van der Waals surface area contributed by atoms with Gasteiger partial charge in [0.2, 0.25) is 0 Å². The highest BCUT2D eigenvalue weighted by Crippen LogP contribution is 2.22. The van der Waals surface area contributed by atoms with E-state index in [2.05, 4.69) is 32.3 Å². The smallest absolute Gasteiger partial charge is 0.158 e. The summed E-state index contributed by atoms with van der Waals surface area (Å²) < 4.78 is 0.980. The second-order valence-corrected chi connectivity index (χ2v) is 5.49. The van der Waals surface area contributed by atoms with Crippen molar-refractivity contribution in [3.8, 4) is 6.07 Å². The van der Waals surface area contributed by atoms with Gasteiger partial charge in [0.15, 0.2) is 6.04 Å². The normalized spacial score (nSPS) is 11.8. The summed E-state index contributed by atoms with van der Waals surface area (Å²) in [7, 11) is 0. The van der Waals surface area contributed by atoms with Crippen LogP contribution in [0.15, 0.2) is 34.1 Å². The van der Waals surface area contributed by atoms with Gasteiger partial charge < -0.3 is 5.32 Å². The number of halogens is 1. The third-order valence-corrected chi connectivity index (χ3v) is 3.48. The molecule has 0 spiro atoms. The molecule has 0 aliphatic carbocycles. The zero-order valence-electron chi connectivity index (χ0n) is 9.14. The van der Waals surface area contributed by atoms with Gasteiger partial charge in [-0.15, -0.1) is 11.3 Å². The fourth-order valence-corrected chi connectivity index (χ4v) is 2.47. The molecule has 1 N–H and O–H groups in total. The molecule has 1 heterocycles. The van der Waals surface area contributed by atoms with Crippen molar-refractivity contribution in [1.82, 2.24) is 4.98 Å². The molecule has 0 radical (unpaired) electrons. The number of rotatable bonds is 3. The minimum Gasteiger partial charge on any atom is -0.365 e. The largest absolute Gasteiger partial charge is 0.365 e. The Morgan fingerprint density at radius 3 is 2.94 bits per heavy atom. The summed E-state index contributed by atoms with van der Waals surface area (Å²) in [6.07, 6.45) is 0. The van der Waals surface area contributed by atoms with Crippen molar-refractivity contribution in [2.24, 2.45) is 0 Å². The lowest BCUT2D eigenvalue weighted by Crippen LogP contribution is -2.08. The van der Waals surface area contributed by atoms with Crippen molar-refractivity contribution < 1.29 is 0 Å². The average Bonchev–Trinajstić information content (AvgIpc) is 2.73. The van der Waals surface area contributed by atoms with Gasteiger partial charge in [-0.05, 0) is 25.1 Å². The maximum absolute atomic E-state index is 9.16. The number of nitrogens with one attached hydrogen (secondary N) is 1. The quantitative estimate of drug-likeness (QED) is 0.936. The minimum absolute atomic E-state index is 0.408. The average molecular weight is 308 g/mol. The highest BCUT2D eigenvalue weighted by molar-refractivity contribution is 9.10. The Kier molecular flexibility index (Phi) is 3.77. The molecule has 1 atom stereocenters. The fourth-order valence-electron chi connectivity index (χ4n) is 1.43. The molecule has 0 saturated carbocycles. The Balaban J connectivity index is 2.19. The summed E-state index contributed by atoms with van der Waals surface area (Å²) in [5.41, 5.74) is 1.67. The highest BCUT2D eigenvalue weighted by atomic mass is 79.9. The monoisotopic (exact) mass is 307 g/mol. The third-order valence-electron chi connectivity index (χ3n) is 2.20. The first kappa shape index (κ1) is 12.1. The molecule has 1 aromatic carbocycles. The number of thiazole rings is 1. The maximum Gasteiger partial charge on any atom is 0.158 e. The van der Waals surface area contributed by atoms with Crippen LogP contribution < -0.4 is 5.32 Å². The number of aryl methyl sites for hydroxylation is 1. The molecular weight excluding hydrogens is 298 g/mol. The molecule has 2 aromatic rings. The lowest BCUT2D eigenvalue weighted by molar-refractivity contribution is 0.942. The number of hydrogen-bond donors (Lipinski definition) is 1. The summed E-state index contributed by atoms with van der Waals surface area (Å²) in [5.74, 6) is 0. The van der Waals surface area contributed by atoms with Gasteiger partial charge in [-0.1, -0.05) is 22.0 Å². The first-order valence-corrected chi connectivity index (χ1v) is 6.70. The summed E-state index contributed by atoms with van der Waals surface area (Å²) >= 11 is 4.95. The van der Waals surface area contributed by atoms with Gasteiger partial charge in [-0.25, -0.2) is 4.98 Å². The second kappa shape index (κ2) is 5.30. The van der Waals surface area contributed by atoms with E-state index in [1.54, 1.807) is 11.3 Å². The standard InChI is InChI=1S/C12H10BrN3S/c1-8-15-12(7-17-8)11(6-14)16-10-4-2-3-9(13)5-10/h2-5,7,11,16H,1H3. The molecule has 3 nitrogen and oxygen atoms in total. The lowest BCUT2D eigenvalue weighted by atomic mass is 10.2. The van der Waals surface area contributed by atoms with Crippen molar-refractivity contribution in [2.75, 3.05) is 5.32 Å². The van der Waals surface area contributed by atoms with Gasteiger partial charge in [0.05, 0.1) is 16.8 Å². The van der Waals surface area contributed by atoms with E-state index in [1.165, 1.54) is 0 Å². The van der Waals surface area contributed by atoms with E-state index >= 15 is 0 Å². The molecule has 0 saturated heterocycles. The molecule has 1 aromatic heterocycles. The van der Waals surface area contributed by atoms with E-state index in [0.29, 0.717) is 0 Å². The minimum atomic E-state index is -0.408. The van der Waals surface area contributed by atoms with Gasteiger partial charge in [-0.3, -0.25) is 0 Å². The second-order valence-electron chi connectivity index (χ2n) is 3.51. The molecule has 0 bridgehead atoms. The number of anilines is 1. The van der Waals surface area contributed by atoms with Gasteiger partial charge in [-0.2, -0.15) is 5.26 Å². The van der Waals surface area contributed by atoms with Crippen LogP contribution in [0, 0.1) is 18.3 Å². The van der Waals surface area contributed by atoms with E-state index in [0.717, 1.165) is 20.9 Å². The van der Waals surface area contributed by atoms with Crippen molar-refractivity contribution in [2.45, 2.75) is 13.0 Å². The van der Waals surface area contributed by atoms with Crippen LogP contribution in [0.1, 0.15) is 16.7 Å². The predicted molar refractivity (Wildman–Crippen MR) is 73.0 cm³/mol. The number of aromatic nitrogens is 1. The van der Waals surface area contributed by atoms with Crippen molar-refractivity contribution in [3.63, 3.8) is 0 Å². The zero-order valence-corrected chi connectivity index (χ0v) is 11.5. The van der Waals surface area contributed by atoms with Crippen LogP contribution in [0.3, 0.4) is 0 Å². The van der Waals surface area contributed by atoms with Gasteiger partial charge in [0.1, 0.15) is 0 Å². The summed E-state index contributed by atoms with van der Waals surface area (Å²) in [6, 6.07) is 9.54. The van der Waals surface area contributed by atoms with E-state index in [1.807, 2.05) is 36.6 Å². The van der Waals surface area contributed by atoms with Gasteiger partial charge in [0, 0.05) is 15.5 Å². The van der Waals surface area contributed by atoms with Crippen LogP contribution in [0.5, 0.6) is 0 Å². The first-order chi connectivity index (χ1) is 8.19. The van der Waals surface area contributed by atoms with E-state index in [4.69, 9.17) is 5.26 Å². The number of benzene rings is 1. The first-order valence-electron chi connectivity index (χ1n) is 5.03. The Morgan fingerprint density at radius 2 is 2.35 bits per heavy atom. The highest BCUT2D eigenvalue weighted by Gasteiger charge is 2.13. The van der Waals surface area contributed by atoms with Crippen LogP contribution in [0.25, 0.3) is 0 Å². The number of nitriles is 1. The molecular formula is C12H10BrN3S. The van der Waals surface area contributed by atoms with Crippen molar-refractivity contribution >= 4 is 33.0 Å². The molecule has 5 heteroatoms. The Bertz CT molecular complexity index is 559. The van der Waals surface area contributed by atoms with E-state index in [9.17, 15) is 0 Å². The van der Waals surface area contributed by atoms with Crippen LogP contribution in [-0.4, -0.2) is 4.98 Å². The molecule has 0 aliphatic rings. The van der Waals surface area contributed by atoms with Gasteiger partial charge >= 0.3 is 0 Å². The van der Waals surface area contributed by atoms with Crippen LogP contribution in [0.2, 0.25) is 0 Å². The molecule has 1 unspecified atom stereocenters. The van der Waals surface area contributed by atoms with E-state index < -0.39 is 6.04 Å². The summed E-state index contributed by atoms with van der Waals surface area (Å²) in [6.45, 7) is 1.93.